The maximum absolute atomic E-state index is 13.4. The van der Waals surface area contributed by atoms with E-state index >= 15 is 0 Å². The Morgan fingerprint density at radius 1 is 1.52 bits per heavy atom. The van der Waals surface area contributed by atoms with Gasteiger partial charge in [0.1, 0.15) is 5.82 Å². The molecule has 0 spiro atoms. The van der Waals surface area contributed by atoms with Crippen LogP contribution in [0.25, 0.3) is 11.3 Å². The zero-order chi connectivity index (χ0) is 14.8. The van der Waals surface area contributed by atoms with Gasteiger partial charge in [-0.15, -0.1) is 0 Å². The number of hydrogen-bond donors (Lipinski definition) is 1. The molecule has 0 bridgehead atoms. The molecular weight excluding hydrogens is 289 g/mol. The van der Waals surface area contributed by atoms with E-state index in [2.05, 4.69) is 10.2 Å². The van der Waals surface area contributed by atoms with Crippen LogP contribution in [0.15, 0.2) is 24.3 Å². The number of hydrogen-bond acceptors (Lipinski definition) is 3. The van der Waals surface area contributed by atoms with Crippen molar-refractivity contribution in [3.8, 4) is 11.3 Å². The molecule has 0 saturated carbocycles. The fourth-order valence-electron chi connectivity index (χ4n) is 2.60. The van der Waals surface area contributed by atoms with E-state index in [0.29, 0.717) is 18.8 Å². The molecule has 1 N–H and O–H groups in total. The number of carbonyl (C=O) groups excluding carboxylic acids is 1. The number of halogens is 1. The Morgan fingerprint density at radius 3 is 3.14 bits per heavy atom. The first kappa shape index (κ1) is 14.1. The average molecular weight is 305 g/mol. The van der Waals surface area contributed by atoms with Crippen molar-refractivity contribution in [3.63, 3.8) is 0 Å². The van der Waals surface area contributed by atoms with Gasteiger partial charge in [0.2, 0.25) is 5.91 Å². The highest BCUT2D eigenvalue weighted by Crippen LogP contribution is 2.28. The first-order valence-electron chi connectivity index (χ1n) is 6.78. The van der Waals surface area contributed by atoms with Crippen LogP contribution in [0.4, 0.5) is 4.39 Å². The smallest absolute Gasteiger partial charge is 0.232 e. The second-order valence-corrected chi connectivity index (χ2v) is 5.90. The summed E-state index contributed by atoms with van der Waals surface area (Å²) < 4.78 is 13.4. The number of thioether (sulfide) groups is 1. The van der Waals surface area contributed by atoms with Crippen LogP contribution in [0.1, 0.15) is 11.3 Å². The Labute approximate surface area is 126 Å². The predicted molar refractivity (Wildman–Crippen MR) is 81.5 cm³/mol. The monoisotopic (exact) mass is 305 g/mol. The van der Waals surface area contributed by atoms with Gasteiger partial charge in [-0.3, -0.25) is 9.89 Å². The van der Waals surface area contributed by atoms with E-state index in [1.807, 2.05) is 17.2 Å². The number of nitrogens with one attached hydrogen (secondary N) is 1. The maximum atomic E-state index is 13.4. The van der Waals surface area contributed by atoms with Crippen LogP contribution < -0.4 is 0 Å². The van der Waals surface area contributed by atoms with E-state index < -0.39 is 0 Å². The van der Waals surface area contributed by atoms with Crippen LogP contribution >= 0.6 is 11.8 Å². The number of carbonyl (C=O) groups is 1. The first-order valence-corrected chi connectivity index (χ1v) is 8.17. The van der Waals surface area contributed by atoms with Gasteiger partial charge in [-0.25, -0.2) is 4.39 Å². The molecule has 0 atom stereocenters. The van der Waals surface area contributed by atoms with Gasteiger partial charge in [0, 0.05) is 36.3 Å². The van der Waals surface area contributed by atoms with Crippen LogP contribution in [0.3, 0.4) is 0 Å². The average Bonchev–Trinajstić information content (AvgIpc) is 2.90. The van der Waals surface area contributed by atoms with Gasteiger partial charge < -0.3 is 4.90 Å². The van der Waals surface area contributed by atoms with E-state index in [4.69, 9.17) is 0 Å². The van der Waals surface area contributed by atoms with Crippen molar-refractivity contribution in [2.45, 2.75) is 13.0 Å². The number of nitrogens with zero attached hydrogens (tertiary/aromatic N) is 2. The summed E-state index contributed by atoms with van der Waals surface area (Å²) in [7, 11) is 0. The topological polar surface area (TPSA) is 49.0 Å². The SMILES string of the molecule is CSCC(=O)N1CCc2[nH]nc(-c3cccc(F)c3)c2C1. The lowest BCUT2D eigenvalue weighted by molar-refractivity contribution is -0.129. The number of fused-ring (bicyclic) bond motifs is 1. The Morgan fingerprint density at radius 2 is 2.38 bits per heavy atom. The van der Waals surface area contributed by atoms with Gasteiger partial charge in [-0.05, 0) is 18.4 Å². The quantitative estimate of drug-likeness (QED) is 0.947. The van der Waals surface area contributed by atoms with Gasteiger partial charge in [0.15, 0.2) is 0 Å². The summed E-state index contributed by atoms with van der Waals surface area (Å²) in [5.74, 6) is 0.345. The molecule has 110 valence electrons. The summed E-state index contributed by atoms with van der Waals surface area (Å²) in [5.41, 5.74) is 3.53. The van der Waals surface area contributed by atoms with E-state index in [-0.39, 0.29) is 11.7 Å². The zero-order valence-corrected chi connectivity index (χ0v) is 12.5. The maximum Gasteiger partial charge on any atom is 0.232 e. The van der Waals surface area contributed by atoms with Crippen molar-refractivity contribution in [1.29, 1.82) is 0 Å². The normalized spacial score (nSPS) is 14.1. The van der Waals surface area contributed by atoms with Crippen molar-refractivity contribution in [2.75, 3.05) is 18.6 Å². The van der Waals surface area contributed by atoms with Crippen LogP contribution in [0.5, 0.6) is 0 Å². The second-order valence-electron chi connectivity index (χ2n) is 5.04. The molecule has 1 aromatic carbocycles. The van der Waals surface area contributed by atoms with Crippen molar-refractivity contribution >= 4 is 17.7 Å². The molecule has 1 aliphatic rings. The van der Waals surface area contributed by atoms with Crippen molar-refractivity contribution in [3.05, 3.63) is 41.3 Å². The summed E-state index contributed by atoms with van der Waals surface area (Å²) in [6.07, 6.45) is 2.68. The molecule has 0 fully saturated rings. The second kappa shape index (κ2) is 5.89. The largest absolute Gasteiger partial charge is 0.337 e. The van der Waals surface area contributed by atoms with Crippen molar-refractivity contribution in [2.24, 2.45) is 0 Å². The number of rotatable bonds is 3. The first-order chi connectivity index (χ1) is 10.2. The molecule has 0 aliphatic carbocycles. The highest BCUT2D eigenvalue weighted by atomic mass is 32.2. The Kier molecular flexibility index (Phi) is 3.96. The molecule has 4 nitrogen and oxygen atoms in total. The van der Waals surface area contributed by atoms with Crippen LogP contribution in [0.2, 0.25) is 0 Å². The van der Waals surface area contributed by atoms with E-state index in [1.165, 1.54) is 23.9 Å². The fourth-order valence-corrected chi connectivity index (χ4v) is 3.03. The van der Waals surface area contributed by atoms with Crippen LogP contribution in [-0.2, 0) is 17.8 Å². The minimum absolute atomic E-state index is 0.138. The third-order valence-corrected chi connectivity index (χ3v) is 4.19. The Hall–Kier alpha value is -1.82. The summed E-state index contributed by atoms with van der Waals surface area (Å²) in [6.45, 7) is 1.24. The molecule has 0 unspecified atom stereocenters. The number of amides is 1. The lowest BCUT2D eigenvalue weighted by atomic mass is 10.0. The van der Waals surface area contributed by atoms with Gasteiger partial charge in [0.05, 0.1) is 11.4 Å². The molecule has 2 aromatic rings. The zero-order valence-electron chi connectivity index (χ0n) is 11.7. The van der Waals surface area contributed by atoms with E-state index in [9.17, 15) is 9.18 Å². The molecule has 1 amide bonds. The van der Waals surface area contributed by atoms with Gasteiger partial charge in [0.25, 0.3) is 0 Å². The Bertz CT molecular complexity index is 671. The minimum atomic E-state index is -0.282. The van der Waals surface area contributed by atoms with Gasteiger partial charge in [-0.2, -0.15) is 16.9 Å². The molecule has 0 radical (unpaired) electrons. The Balaban J connectivity index is 1.91. The summed E-state index contributed by atoms with van der Waals surface area (Å²) in [5, 5.41) is 7.33. The van der Waals surface area contributed by atoms with Crippen molar-refractivity contribution in [1.82, 2.24) is 15.1 Å². The number of H-pyrrole nitrogens is 1. The van der Waals surface area contributed by atoms with Gasteiger partial charge in [-0.1, -0.05) is 12.1 Å². The lowest BCUT2D eigenvalue weighted by Gasteiger charge is -2.27. The highest BCUT2D eigenvalue weighted by molar-refractivity contribution is 7.99. The molecule has 6 heteroatoms. The summed E-state index contributed by atoms with van der Waals surface area (Å²) in [6, 6.07) is 6.39. The molecule has 1 aromatic heterocycles. The third-order valence-electron chi connectivity index (χ3n) is 3.65. The summed E-state index contributed by atoms with van der Waals surface area (Å²) in [4.78, 5) is 13.9. The van der Waals surface area contributed by atoms with E-state index in [0.717, 1.165) is 28.9 Å². The highest BCUT2D eigenvalue weighted by Gasteiger charge is 2.25. The van der Waals surface area contributed by atoms with Crippen molar-refractivity contribution < 1.29 is 9.18 Å². The van der Waals surface area contributed by atoms with E-state index in [1.54, 1.807) is 6.07 Å². The minimum Gasteiger partial charge on any atom is -0.337 e. The molecule has 1 aliphatic heterocycles. The number of aromatic amines is 1. The molecule has 21 heavy (non-hydrogen) atoms. The third kappa shape index (κ3) is 2.81. The summed E-state index contributed by atoms with van der Waals surface area (Å²) >= 11 is 1.53. The molecule has 3 rings (SSSR count). The van der Waals surface area contributed by atoms with Gasteiger partial charge >= 0.3 is 0 Å². The molecule has 2 heterocycles. The molecular formula is C15H16FN3OS. The standard InChI is InChI=1S/C15H16FN3OS/c1-21-9-14(20)19-6-5-13-12(8-19)15(18-17-13)10-3-2-4-11(16)7-10/h2-4,7H,5-6,8-9H2,1H3,(H,17,18). The number of benzene rings is 1. The fraction of sp³-hybridized carbons (Fsp3) is 0.333. The van der Waals surface area contributed by atoms with Crippen LogP contribution in [0, 0.1) is 5.82 Å². The van der Waals surface area contributed by atoms with Crippen LogP contribution in [-0.4, -0.2) is 39.6 Å². The molecule has 0 saturated heterocycles. The lowest BCUT2D eigenvalue weighted by Crippen LogP contribution is -2.37. The number of aromatic nitrogens is 2. The predicted octanol–water partition coefficient (Wildman–Crippen LogP) is 2.46.